The van der Waals surface area contributed by atoms with Crippen molar-refractivity contribution in [3.63, 3.8) is 0 Å². The Morgan fingerprint density at radius 2 is 1.95 bits per heavy atom. The zero-order chi connectivity index (χ0) is 14.6. The van der Waals surface area contributed by atoms with E-state index in [1.54, 1.807) is 0 Å². The third-order valence-corrected chi connectivity index (χ3v) is 3.81. The van der Waals surface area contributed by atoms with Gasteiger partial charge in [0.2, 0.25) is 5.91 Å². The summed E-state index contributed by atoms with van der Waals surface area (Å²) in [7, 11) is 0. The molecule has 6 heteroatoms. The number of aliphatic hydroxyl groups is 1. The fraction of sp³-hybridized carbons (Fsp3) is 0.846. The first-order chi connectivity index (χ1) is 8.73. The second-order valence-electron chi connectivity index (χ2n) is 5.87. The van der Waals surface area contributed by atoms with Crippen LogP contribution in [-0.2, 0) is 9.59 Å². The van der Waals surface area contributed by atoms with E-state index in [0.29, 0.717) is 13.0 Å². The summed E-state index contributed by atoms with van der Waals surface area (Å²) in [6.45, 7) is 3.25. The number of nitrogens with two attached hydrogens (primary N) is 1. The summed E-state index contributed by atoms with van der Waals surface area (Å²) < 4.78 is 0. The van der Waals surface area contributed by atoms with Crippen molar-refractivity contribution in [3.05, 3.63) is 0 Å². The largest absolute Gasteiger partial charge is 0.481 e. The molecular formula is C13H24N2O4. The van der Waals surface area contributed by atoms with Gasteiger partial charge in [0.15, 0.2) is 0 Å². The van der Waals surface area contributed by atoms with E-state index in [1.165, 1.54) is 13.8 Å². The number of hydrogen-bond acceptors (Lipinski definition) is 4. The molecule has 0 bridgehead atoms. The molecule has 0 aromatic rings. The summed E-state index contributed by atoms with van der Waals surface area (Å²) in [5.74, 6) is -1.69. The van der Waals surface area contributed by atoms with Crippen LogP contribution in [0.4, 0.5) is 0 Å². The number of amides is 1. The molecule has 0 aliphatic heterocycles. The molecule has 5 N–H and O–H groups in total. The summed E-state index contributed by atoms with van der Waals surface area (Å²) in [5.41, 5.74) is 4.34. The molecule has 0 unspecified atom stereocenters. The summed E-state index contributed by atoms with van der Waals surface area (Å²) in [5, 5.41) is 21.4. The first-order valence-corrected chi connectivity index (χ1v) is 6.72. The van der Waals surface area contributed by atoms with E-state index < -0.39 is 29.4 Å². The molecule has 0 spiro atoms. The Hall–Kier alpha value is -1.14. The molecule has 3 atom stereocenters. The Morgan fingerprint density at radius 1 is 1.37 bits per heavy atom. The summed E-state index contributed by atoms with van der Waals surface area (Å²) >= 11 is 0. The lowest BCUT2D eigenvalue weighted by Crippen LogP contribution is -2.54. The number of carboxylic acids is 1. The van der Waals surface area contributed by atoms with E-state index in [9.17, 15) is 14.7 Å². The second-order valence-corrected chi connectivity index (χ2v) is 5.87. The molecule has 1 aliphatic carbocycles. The van der Waals surface area contributed by atoms with Crippen LogP contribution in [0.3, 0.4) is 0 Å². The van der Waals surface area contributed by atoms with Crippen molar-refractivity contribution in [2.45, 2.75) is 51.2 Å². The Kier molecular flexibility index (Phi) is 5.31. The smallest absolute Gasteiger partial charge is 0.306 e. The lowest BCUT2D eigenvalue weighted by atomic mass is 9.79. The van der Waals surface area contributed by atoms with Crippen LogP contribution in [-0.4, -0.2) is 40.3 Å². The molecule has 1 rings (SSSR count). The van der Waals surface area contributed by atoms with Crippen LogP contribution in [0.2, 0.25) is 0 Å². The van der Waals surface area contributed by atoms with E-state index in [2.05, 4.69) is 5.32 Å². The van der Waals surface area contributed by atoms with E-state index in [-0.39, 0.29) is 5.92 Å². The molecule has 0 radical (unpaired) electrons. The molecule has 19 heavy (non-hydrogen) atoms. The molecule has 110 valence electrons. The molecule has 0 aromatic heterocycles. The van der Waals surface area contributed by atoms with Crippen molar-refractivity contribution >= 4 is 11.9 Å². The van der Waals surface area contributed by atoms with Gasteiger partial charge in [-0.3, -0.25) is 9.59 Å². The predicted octanol–water partition coefficient (Wildman–Crippen LogP) is 0.0918. The van der Waals surface area contributed by atoms with Gasteiger partial charge in [-0.15, -0.1) is 0 Å². The van der Waals surface area contributed by atoms with Gasteiger partial charge >= 0.3 is 5.97 Å². The zero-order valence-electron chi connectivity index (χ0n) is 11.6. The highest BCUT2D eigenvalue weighted by molar-refractivity contribution is 5.82. The lowest BCUT2D eigenvalue weighted by molar-refractivity contribution is -0.145. The zero-order valence-corrected chi connectivity index (χ0v) is 11.6. The van der Waals surface area contributed by atoms with Gasteiger partial charge in [-0.1, -0.05) is 12.8 Å². The number of carbonyl (C=O) groups excluding carboxylic acids is 1. The first-order valence-electron chi connectivity index (χ1n) is 6.72. The van der Waals surface area contributed by atoms with Gasteiger partial charge in [-0.05, 0) is 32.6 Å². The third-order valence-electron chi connectivity index (χ3n) is 3.81. The van der Waals surface area contributed by atoms with Crippen LogP contribution in [0.25, 0.3) is 0 Å². The van der Waals surface area contributed by atoms with E-state index in [4.69, 9.17) is 10.8 Å². The number of nitrogens with one attached hydrogen (secondary N) is 1. The molecule has 0 saturated heterocycles. The van der Waals surface area contributed by atoms with Crippen LogP contribution in [0.15, 0.2) is 0 Å². The van der Waals surface area contributed by atoms with Gasteiger partial charge in [0.05, 0.1) is 11.5 Å². The molecule has 1 aliphatic rings. The Bertz CT molecular complexity index is 338. The molecule has 0 aromatic carbocycles. The van der Waals surface area contributed by atoms with Gasteiger partial charge in [0.1, 0.15) is 6.04 Å². The maximum Gasteiger partial charge on any atom is 0.306 e. The molecule has 1 saturated carbocycles. The summed E-state index contributed by atoms with van der Waals surface area (Å²) in [6.07, 6.45) is 3.37. The van der Waals surface area contributed by atoms with E-state index in [1.807, 2.05) is 0 Å². The minimum absolute atomic E-state index is 0.0517. The van der Waals surface area contributed by atoms with Crippen LogP contribution in [0, 0.1) is 11.8 Å². The lowest BCUT2D eigenvalue weighted by Gasteiger charge is -2.30. The minimum atomic E-state index is -1.29. The monoisotopic (exact) mass is 272 g/mol. The van der Waals surface area contributed by atoms with Crippen LogP contribution < -0.4 is 11.1 Å². The third kappa shape index (κ3) is 4.47. The normalized spacial score (nSPS) is 25.7. The van der Waals surface area contributed by atoms with E-state index in [0.717, 1.165) is 19.3 Å². The Morgan fingerprint density at radius 3 is 2.47 bits per heavy atom. The topological polar surface area (TPSA) is 113 Å². The molecular weight excluding hydrogens is 248 g/mol. The van der Waals surface area contributed by atoms with Gasteiger partial charge in [0.25, 0.3) is 0 Å². The average molecular weight is 272 g/mol. The highest BCUT2D eigenvalue weighted by atomic mass is 16.4. The number of carboxylic acid groups (broad SMARTS) is 1. The van der Waals surface area contributed by atoms with Gasteiger partial charge < -0.3 is 21.3 Å². The second kappa shape index (κ2) is 6.34. The molecule has 1 amide bonds. The maximum atomic E-state index is 11.8. The maximum absolute atomic E-state index is 11.8. The Balaban J connectivity index is 2.51. The quantitative estimate of drug-likeness (QED) is 0.566. The van der Waals surface area contributed by atoms with Crippen molar-refractivity contribution in [2.24, 2.45) is 17.6 Å². The minimum Gasteiger partial charge on any atom is -0.481 e. The number of hydrogen-bond donors (Lipinski definition) is 4. The highest BCUT2D eigenvalue weighted by Gasteiger charge is 2.33. The number of aliphatic carboxylic acids is 1. The van der Waals surface area contributed by atoms with E-state index >= 15 is 0 Å². The predicted molar refractivity (Wildman–Crippen MR) is 70.4 cm³/mol. The van der Waals surface area contributed by atoms with Gasteiger partial charge in [-0.2, -0.15) is 0 Å². The van der Waals surface area contributed by atoms with Gasteiger partial charge in [-0.25, -0.2) is 0 Å². The molecule has 6 nitrogen and oxygen atoms in total. The fourth-order valence-corrected chi connectivity index (χ4v) is 2.44. The van der Waals surface area contributed by atoms with Crippen LogP contribution in [0.1, 0.15) is 39.5 Å². The highest BCUT2D eigenvalue weighted by Crippen LogP contribution is 2.29. The van der Waals surface area contributed by atoms with Crippen molar-refractivity contribution in [1.29, 1.82) is 0 Å². The van der Waals surface area contributed by atoms with Crippen molar-refractivity contribution in [3.8, 4) is 0 Å². The van der Waals surface area contributed by atoms with Crippen molar-refractivity contribution in [2.75, 3.05) is 6.54 Å². The van der Waals surface area contributed by atoms with Crippen LogP contribution in [0.5, 0.6) is 0 Å². The first kappa shape index (κ1) is 15.9. The van der Waals surface area contributed by atoms with Crippen LogP contribution >= 0.6 is 0 Å². The summed E-state index contributed by atoms with van der Waals surface area (Å²) in [6, 6.07) is -1.01. The molecule has 0 heterocycles. The average Bonchev–Trinajstić information content (AvgIpc) is 2.34. The van der Waals surface area contributed by atoms with Crippen molar-refractivity contribution < 1.29 is 19.8 Å². The number of rotatable bonds is 5. The SMILES string of the molecule is CC(C)(O)[C@H](N)C(=O)NC[C@@H]1CCCC[C@@H]1C(=O)O. The summed E-state index contributed by atoms with van der Waals surface area (Å²) in [4.78, 5) is 22.9. The Labute approximate surface area is 113 Å². The standard InChI is InChI=1S/C13H24N2O4/c1-13(2,19)10(14)11(16)15-7-8-5-3-4-6-9(8)12(17)18/h8-10,19H,3-7,14H2,1-2H3,(H,15,16)(H,17,18)/t8-,9-,10+/m0/s1. The molecule has 1 fully saturated rings. The number of carbonyl (C=O) groups is 2. The fourth-order valence-electron chi connectivity index (χ4n) is 2.44. The van der Waals surface area contributed by atoms with Crippen molar-refractivity contribution in [1.82, 2.24) is 5.32 Å². The van der Waals surface area contributed by atoms with Gasteiger partial charge in [0, 0.05) is 6.54 Å².